The molecule has 2 unspecified atom stereocenters. The van der Waals surface area contributed by atoms with Gasteiger partial charge in [0.1, 0.15) is 5.60 Å². The van der Waals surface area contributed by atoms with Gasteiger partial charge in [-0.15, -0.1) is 11.3 Å². The first-order valence-electron chi connectivity index (χ1n) is 6.96. The maximum Gasteiger partial charge on any atom is 0.191 e. The van der Waals surface area contributed by atoms with Gasteiger partial charge < -0.3 is 20.8 Å². The Morgan fingerprint density at radius 3 is 2.90 bits per heavy atom. The highest BCUT2D eigenvalue weighted by Gasteiger charge is 2.32. The summed E-state index contributed by atoms with van der Waals surface area (Å²) in [5.74, 6) is 2.35. The first-order chi connectivity index (χ1) is 9.95. The summed E-state index contributed by atoms with van der Waals surface area (Å²) >= 11 is 3.30. The summed E-state index contributed by atoms with van der Waals surface area (Å²) in [6.07, 6.45) is 0.800. The fourth-order valence-corrected chi connectivity index (χ4v) is 4.21. The first-order valence-corrected chi connectivity index (χ1v) is 9.00. The number of nitrogens with one attached hydrogen (secondary N) is 2. The molecule has 1 saturated heterocycles. The Morgan fingerprint density at radius 2 is 2.33 bits per heavy atom. The van der Waals surface area contributed by atoms with Crippen LogP contribution >= 0.6 is 23.1 Å². The van der Waals surface area contributed by atoms with Crippen LogP contribution in [0.5, 0.6) is 0 Å². The minimum Gasteiger partial charge on any atom is -0.387 e. The minimum atomic E-state index is -0.939. The van der Waals surface area contributed by atoms with Gasteiger partial charge in [0, 0.05) is 24.2 Å². The van der Waals surface area contributed by atoms with Gasteiger partial charge in [-0.2, -0.15) is 11.8 Å². The molecule has 1 aliphatic heterocycles. The lowest BCUT2D eigenvalue weighted by atomic mass is 10.0. The number of guanidine groups is 1. The molecule has 118 valence electrons. The van der Waals surface area contributed by atoms with Gasteiger partial charge in [-0.1, -0.05) is 6.07 Å². The van der Waals surface area contributed by atoms with Crippen LogP contribution in [0.4, 0.5) is 0 Å². The quantitative estimate of drug-likeness (QED) is 0.479. The lowest BCUT2D eigenvalue weighted by molar-refractivity contribution is 0.0642. The Labute approximate surface area is 133 Å². The molecule has 1 aromatic rings. The first kappa shape index (κ1) is 16.6. The standard InChI is InChI=1S/C14H23N3O2S2/c1-13(18,11-4-3-6-21-11)8-16-12(15-2)17-9-14(19)5-7-20-10-14/h3-4,6,18-19H,5,7-10H2,1-2H3,(H2,15,16,17). The van der Waals surface area contributed by atoms with Crippen LogP contribution in [0.1, 0.15) is 18.2 Å². The lowest BCUT2D eigenvalue weighted by Crippen LogP contribution is -2.49. The Bertz CT molecular complexity index is 469. The van der Waals surface area contributed by atoms with Crippen LogP contribution in [0.15, 0.2) is 22.5 Å². The van der Waals surface area contributed by atoms with Gasteiger partial charge in [0.25, 0.3) is 0 Å². The number of rotatable bonds is 5. The Kier molecular flexibility index (Phi) is 5.54. The summed E-state index contributed by atoms with van der Waals surface area (Å²) in [6, 6.07) is 3.84. The Balaban J connectivity index is 1.83. The van der Waals surface area contributed by atoms with E-state index in [1.165, 1.54) is 11.3 Å². The van der Waals surface area contributed by atoms with Crippen LogP contribution in [0.2, 0.25) is 0 Å². The number of thiophene rings is 1. The van der Waals surface area contributed by atoms with E-state index >= 15 is 0 Å². The van der Waals surface area contributed by atoms with Crippen molar-refractivity contribution in [2.45, 2.75) is 24.5 Å². The average Bonchev–Trinajstić information content (AvgIpc) is 3.11. The van der Waals surface area contributed by atoms with Crippen molar-refractivity contribution < 1.29 is 10.2 Å². The fourth-order valence-electron chi connectivity index (χ4n) is 2.13. The highest BCUT2D eigenvalue weighted by molar-refractivity contribution is 7.99. The molecule has 0 radical (unpaired) electrons. The number of hydrogen-bond acceptors (Lipinski definition) is 5. The molecule has 0 spiro atoms. The van der Waals surface area contributed by atoms with Crippen molar-refractivity contribution >= 4 is 29.1 Å². The third-order valence-electron chi connectivity index (χ3n) is 3.54. The van der Waals surface area contributed by atoms with Crippen molar-refractivity contribution in [1.82, 2.24) is 10.6 Å². The van der Waals surface area contributed by atoms with E-state index in [1.54, 1.807) is 25.7 Å². The largest absolute Gasteiger partial charge is 0.387 e. The van der Waals surface area contributed by atoms with E-state index in [1.807, 2.05) is 17.5 Å². The second-order valence-electron chi connectivity index (χ2n) is 5.56. The van der Waals surface area contributed by atoms with Crippen LogP contribution in [0.3, 0.4) is 0 Å². The van der Waals surface area contributed by atoms with Gasteiger partial charge in [-0.3, -0.25) is 4.99 Å². The van der Waals surface area contributed by atoms with Crippen LogP contribution in [0, 0.1) is 0 Å². The summed E-state index contributed by atoms with van der Waals surface area (Å²) in [6.45, 7) is 2.61. The molecule has 2 heterocycles. The van der Waals surface area contributed by atoms with E-state index in [9.17, 15) is 10.2 Å². The summed E-state index contributed by atoms with van der Waals surface area (Å²) in [5, 5.41) is 29.0. The Morgan fingerprint density at radius 1 is 1.52 bits per heavy atom. The summed E-state index contributed by atoms with van der Waals surface area (Å²) in [5.41, 5.74) is -1.59. The van der Waals surface area contributed by atoms with Gasteiger partial charge in [0.05, 0.1) is 12.1 Å². The van der Waals surface area contributed by atoms with E-state index in [0.29, 0.717) is 19.0 Å². The molecule has 0 bridgehead atoms. The summed E-state index contributed by atoms with van der Waals surface area (Å²) < 4.78 is 0. The van der Waals surface area contributed by atoms with E-state index in [-0.39, 0.29) is 0 Å². The van der Waals surface area contributed by atoms with Gasteiger partial charge in [-0.25, -0.2) is 0 Å². The van der Waals surface area contributed by atoms with Crippen molar-refractivity contribution in [3.63, 3.8) is 0 Å². The topological polar surface area (TPSA) is 76.9 Å². The van der Waals surface area contributed by atoms with Crippen molar-refractivity contribution in [3.8, 4) is 0 Å². The summed E-state index contributed by atoms with van der Waals surface area (Å²) in [4.78, 5) is 5.05. The molecule has 21 heavy (non-hydrogen) atoms. The van der Waals surface area contributed by atoms with E-state index in [2.05, 4.69) is 15.6 Å². The zero-order valence-electron chi connectivity index (χ0n) is 12.4. The number of nitrogens with zero attached hydrogens (tertiary/aromatic N) is 1. The number of aliphatic hydroxyl groups is 2. The molecule has 2 atom stereocenters. The average molecular weight is 329 g/mol. The summed E-state index contributed by atoms with van der Waals surface area (Å²) in [7, 11) is 1.68. The van der Waals surface area contributed by atoms with Crippen molar-refractivity contribution in [1.29, 1.82) is 0 Å². The number of aliphatic imine (C=N–C) groups is 1. The predicted octanol–water partition coefficient (Wildman–Crippen LogP) is 0.989. The van der Waals surface area contributed by atoms with Crippen LogP contribution < -0.4 is 10.6 Å². The maximum absolute atomic E-state index is 10.5. The molecular formula is C14H23N3O2S2. The number of thioether (sulfide) groups is 1. The second-order valence-corrected chi connectivity index (χ2v) is 7.61. The monoisotopic (exact) mass is 329 g/mol. The molecule has 1 aromatic heterocycles. The molecule has 2 rings (SSSR count). The molecule has 1 aliphatic rings. The molecule has 1 fully saturated rings. The molecule has 4 N–H and O–H groups in total. The van der Waals surface area contributed by atoms with Gasteiger partial charge in [0.2, 0.25) is 0 Å². The zero-order valence-corrected chi connectivity index (χ0v) is 14.1. The van der Waals surface area contributed by atoms with Crippen molar-refractivity contribution in [3.05, 3.63) is 22.4 Å². The molecule has 0 aromatic carbocycles. The predicted molar refractivity (Wildman–Crippen MR) is 90.1 cm³/mol. The molecule has 0 saturated carbocycles. The van der Waals surface area contributed by atoms with E-state index < -0.39 is 11.2 Å². The third-order valence-corrected chi connectivity index (χ3v) is 5.90. The van der Waals surface area contributed by atoms with Crippen LogP contribution in [-0.2, 0) is 5.60 Å². The molecule has 5 nitrogen and oxygen atoms in total. The fraction of sp³-hybridized carbons (Fsp3) is 0.643. The Hall–Kier alpha value is -0.760. The van der Waals surface area contributed by atoms with Crippen molar-refractivity contribution in [2.75, 3.05) is 31.6 Å². The smallest absolute Gasteiger partial charge is 0.191 e. The van der Waals surface area contributed by atoms with Gasteiger partial charge in [0.15, 0.2) is 5.96 Å². The van der Waals surface area contributed by atoms with Crippen molar-refractivity contribution in [2.24, 2.45) is 4.99 Å². The lowest BCUT2D eigenvalue weighted by Gasteiger charge is -2.26. The van der Waals surface area contributed by atoms with Gasteiger partial charge >= 0.3 is 0 Å². The maximum atomic E-state index is 10.5. The van der Waals surface area contributed by atoms with E-state index in [0.717, 1.165) is 22.8 Å². The molecule has 0 aliphatic carbocycles. The van der Waals surface area contributed by atoms with Crippen LogP contribution in [-0.4, -0.2) is 53.4 Å². The molecule has 7 heteroatoms. The highest BCUT2D eigenvalue weighted by Crippen LogP contribution is 2.27. The SMILES string of the molecule is CN=C(NCC1(O)CCSC1)NCC(C)(O)c1cccs1. The van der Waals surface area contributed by atoms with E-state index in [4.69, 9.17) is 0 Å². The normalized spacial score (nSPS) is 25.6. The second kappa shape index (κ2) is 7.00. The third kappa shape index (κ3) is 4.60. The van der Waals surface area contributed by atoms with Gasteiger partial charge in [-0.05, 0) is 30.5 Å². The minimum absolute atomic E-state index is 0.361. The number of hydrogen-bond donors (Lipinski definition) is 4. The highest BCUT2D eigenvalue weighted by atomic mass is 32.2. The zero-order chi connectivity index (χ0) is 15.3. The molecular weight excluding hydrogens is 306 g/mol. The van der Waals surface area contributed by atoms with Crippen LogP contribution in [0.25, 0.3) is 0 Å². The molecule has 0 amide bonds.